The molecule has 0 atom stereocenters. The van der Waals surface area contributed by atoms with Crippen molar-refractivity contribution in [3.05, 3.63) is 32.1 Å². The van der Waals surface area contributed by atoms with E-state index in [2.05, 4.69) is 74.8 Å². The van der Waals surface area contributed by atoms with Crippen molar-refractivity contribution in [1.29, 1.82) is 0 Å². The number of rotatable bonds is 3. The highest BCUT2D eigenvalue weighted by Crippen LogP contribution is 2.28. The van der Waals surface area contributed by atoms with Gasteiger partial charge >= 0.3 is 0 Å². The summed E-state index contributed by atoms with van der Waals surface area (Å²) in [6.45, 7) is 6.86. The Balaban J connectivity index is 2.19. The Morgan fingerprint density at radius 1 is 1.32 bits per heavy atom. The molecule has 2 rings (SSSR count). The molecule has 0 saturated heterocycles. The van der Waals surface area contributed by atoms with E-state index in [1.54, 1.807) is 0 Å². The molecule has 1 N–H and O–H groups in total. The Hall–Kier alpha value is -0.470. The smallest absolute Gasteiger partial charge is 0.248 e. The molecule has 19 heavy (non-hydrogen) atoms. The van der Waals surface area contributed by atoms with Crippen molar-refractivity contribution >= 4 is 38.5 Å². The number of hydrogen-bond donors (Lipinski definition) is 1. The summed E-state index contributed by atoms with van der Waals surface area (Å²) in [6.07, 6.45) is 0. The molecule has 1 aromatic carbocycles. The molecule has 102 valence electrons. The van der Waals surface area contributed by atoms with Gasteiger partial charge in [0, 0.05) is 13.6 Å². The van der Waals surface area contributed by atoms with Crippen molar-refractivity contribution < 1.29 is 4.42 Å². The summed E-state index contributed by atoms with van der Waals surface area (Å²) in [5.41, 5.74) is 0.943. The molecule has 0 saturated carbocycles. The zero-order valence-corrected chi connectivity index (χ0v) is 14.7. The fourth-order valence-electron chi connectivity index (χ4n) is 1.44. The first-order valence-corrected chi connectivity index (χ1v) is 7.75. The van der Waals surface area contributed by atoms with Gasteiger partial charge in [-0.3, -0.25) is 0 Å². The summed E-state index contributed by atoms with van der Waals surface area (Å²) >= 11 is 5.76. The number of halogens is 2. The van der Waals surface area contributed by atoms with Crippen LogP contribution in [0.15, 0.2) is 27.1 Å². The Labute approximate surface area is 134 Å². The van der Waals surface area contributed by atoms with Crippen LogP contribution in [0.1, 0.15) is 26.7 Å². The maximum atomic E-state index is 5.68. The molecular weight excluding hydrogens is 421 g/mol. The fourth-order valence-corrected chi connectivity index (χ4v) is 2.34. The summed E-state index contributed by atoms with van der Waals surface area (Å²) in [5.74, 6) is 1.13. The second kappa shape index (κ2) is 5.88. The fraction of sp³-hybridized carbons (Fsp3) is 0.385. The maximum absolute atomic E-state index is 5.68. The van der Waals surface area contributed by atoms with E-state index in [0.29, 0.717) is 18.3 Å². The lowest BCUT2D eigenvalue weighted by Gasteiger charge is -2.18. The van der Waals surface area contributed by atoms with Crippen molar-refractivity contribution in [2.75, 3.05) is 0 Å². The maximum Gasteiger partial charge on any atom is 0.248 e. The summed E-state index contributed by atoms with van der Waals surface area (Å²) < 4.78 is 7.76. The van der Waals surface area contributed by atoms with Crippen LogP contribution >= 0.6 is 38.5 Å². The van der Waals surface area contributed by atoms with Crippen LogP contribution < -0.4 is 5.32 Å². The van der Waals surface area contributed by atoms with Gasteiger partial charge in [-0.1, -0.05) is 0 Å². The van der Waals surface area contributed by atoms with E-state index in [1.165, 1.54) is 0 Å². The first-order chi connectivity index (χ1) is 8.85. The SMILES string of the molecule is CC(C)(C)NCc1nnc(-c2cc(I)ccc2Br)o1. The van der Waals surface area contributed by atoms with E-state index in [0.717, 1.165) is 13.6 Å². The van der Waals surface area contributed by atoms with Gasteiger partial charge in [0.2, 0.25) is 11.8 Å². The molecule has 1 aromatic heterocycles. The van der Waals surface area contributed by atoms with Gasteiger partial charge in [0.05, 0.1) is 12.1 Å². The number of benzene rings is 1. The molecule has 6 heteroatoms. The van der Waals surface area contributed by atoms with Crippen LogP contribution in [0.25, 0.3) is 11.5 Å². The van der Waals surface area contributed by atoms with Crippen molar-refractivity contribution in [3.8, 4) is 11.5 Å². The number of aromatic nitrogens is 2. The van der Waals surface area contributed by atoms with Gasteiger partial charge in [-0.25, -0.2) is 0 Å². The van der Waals surface area contributed by atoms with Gasteiger partial charge in [0.25, 0.3) is 0 Å². The normalized spacial score (nSPS) is 11.8. The molecule has 0 bridgehead atoms. The highest BCUT2D eigenvalue weighted by molar-refractivity contribution is 14.1. The summed E-state index contributed by atoms with van der Waals surface area (Å²) in [6, 6.07) is 6.01. The quantitative estimate of drug-likeness (QED) is 0.740. The zero-order valence-electron chi connectivity index (χ0n) is 11.0. The van der Waals surface area contributed by atoms with Crippen molar-refractivity contribution in [3.63, 3.8) is 0 Å². The highest BCUT2D eigenvalue weighted by Gasteiger charge is 2.14. The predicted molar refractivity (Wildman–Crippen MR) is 86.7 cm³/mol. The van der Waals surface area contributed by atoms with Crippen LogP contribution in [0.4, 0.5) is 0 Å². The van der Waals surface area contributed by atoms with Gasteiger partial charge in [0.15, 0.2) is 0 Å². The number of nitrogens with one attached hydrogen (secondary N) is 1. The predicted octanol–water partition coefficient (Wildman–Crippen LogP) is 3.99. The molecule has 0 spiro atoms. The third kappa shape index (κ3) is 4.25. The van der Waals surface area contributed by atoms with Crippen molar-refractivity contribution in [1.82, 2.24) is 15.5 Å². The Morgan fingerprint density at radius 2 is 2.05 bits per heavy atom. The standard InChI is InChI=1S/C13H15BrIN3O/c1-13(2,3)16-7-11-17-18-12(19-11)9-6-8(15)4-5-10(9)14/h4-6,16H,7H2,1-3H3. The molecule has 1 heterocycles. The van der Waals surface area contributed by atoms with E-state index < -0.39 is 0 Å². The zero-order chi connectivity index (χ0) is 14.0. The summed E-state index contributed by atoms with van der Waals surface area (Å²) in [5, 5.41) is 11.5. The van der Waals surface area contributed by atoms with Crippen LogP contribution in [0.2, 0.25) is 0 Å². The third-order valence-electron chi connectivity index (χ3n) is 2.40. The topological polar surface area (TPSA) is 51.0 Å². The van der Waals surface area contributed by atoms with E-state index in [9.17, 15) is 0 Å². The second-order valence-electron chi connectivity index (χ2n) is 5.23. The van der Waals surface area contributed by atoms with Crippen molar-refractivity contribution in [2.45, 2.75) is 32.9 Å². The van der Waals surface area contributed by atoms with Gasteiger partial charge in [-0.05, 0) is 77.5 Å². The molecule has 0 unspecified atom stereocenters. The third-order valence-corrected chi connectivity index (χ3v) is 3.76. The minimum absolute atomic E-state index is 0.0251. The van der Waals surface area contributed by atoms with Gasteiger partial charge < -0.3 is 9.73 Å². The van der Waals surface area contributed by atoms with Crippen LogP contribution in [-0.2, 0) is 6.54 Å². The van der Waals surface area contributed by atoms with Crippen LogP contribution in [0.3, 0.4) is 0 Å². The van der Waals surface area contributed by atoms with Crippen molar-refractivity contribution in [2.24, 2.45) is 0 Å². The first-order valence-electron chi connectivity index (χ1n) is 5.88. The molecule has 0 aliphatic heterocycles. The minimum Gasteiger partial charge on any atom is -0.419 e. The lowest BCUT2D eigenvalue weighted by Crippen LogP contribution is -2.35. The van der Waals surface area contributed by atoms with E-state index >= 15 is 0 Å². The molecular formula is C13H15BrIN3O. The minimum atomic E-state index is 0.0251. The summed E-state index contributed by atoms with van der Waals surface area (Å²) in [7, 11) is 0. The Kier molecular flexibility index (Phi) is 4.62. The molecule has 4 nitrogen and oxygen atoms in total. The average molecular weight is 436 g/mol. The lowest BCUT2D eigenvalue weighted by molar-refractivity contribution is 0.383. The number of nitrogens with zero attached hydrogens (tertiary/aromatic N) is 2. The molecule has 0 amide bonds. The van der Waals surface area contributed by atoms with E-state index in [1.807, 2.05) is 18.2 Å². The van der Waals surface area contributed by atoms with E-state index in [4.69, 9.17) is 4.42 Å². The second-order valence-corrected chi connectivity index (χ2v) is 7.33. The summed E-state index contributed by atoms with van der Waals surface area (Å²) in [4.78, 5) is 0. The molecule has 0 aliphatic rings. The Bertz CT molecular complexity index is 578. The van der Waals surface area contributed by atoms with Crippen LogP contribution in [-0.4, -0.2) is 15.7 Å². The van der Waals surface area contributed by atoms with Gasteiger partial charge in [0.1, 0.15) is 0 Å². The molecule has 0 fully saturated rings. The average Bonchev–Trinajstić information content (AvgIpc) is 2.77. The largest absolute Gasteiger partial charge is 0.419 e. The highest BCUT2D eigenvalue weighted by atomic mass is 127. The van der Waals surface area contributed by atoms with Gasteiger partial charge in [-0.2, -0.15) is 0 Å². The first kappa shape index (κ1) is 14.9. The molecule has 0 aliphatic carbocycles. The van der Waals surface area contributed by atoms with Crippen LogP contribution in [0.5, 0.6) is 0 Å². The van der Waals surface area contributed by atoms with Crippen LogP contribution in [0, 0.1) is 3.57 Å². The Morgan fingerprint density at radius 3 is 2.74 bits per heavy atom. The molecule has 0 radical (unpaired) electrons. The monoisotopic (exact) mass is 435 g/mol. The molecule has 2 aromatic rings. The lowest BCUT2D eigenvalue weighted by atomic mass is 10.1. The number of hydrogen-bond acceptors (Lipinski definition) is 4. The van der Waals surface area contributed by atoms with E-state index in [-0.39, 0.29) is 5.54 Å². The van der Waals surface area contributed by atoms with Gasteiger partial charge in [-0.15, -0.1) is 10.2 Å².